The van der Waals surface area contributed by atoms with Crippen LogP contribution in [0.4, 0.5) is 0 Å². The first kappa shape index (κ1) is 9.86. The van der Waals surface area contributed by atoms with Crippen molar-refractivity contribution in [2.75, 3.05) is 6.54 Å². The van der Waals surface area contributed by atoms with Crippen LogP contribution >= 0.6 is 0 Å². The van der Waals surface area contributed by atoms with Crippen LogP contribution in [0.1, 0.15) is 18.4 Å². The summed E-state index contributed by atoms with van der Waals surface area (Å²) in [6.45, 7) is 2.21. The van der Waals surface area contributed by atoms with Crippen molar-refractivity contribution in [2.24, 2.45) is 11.8 Å². The zero-order valence-electron chi connectivity index (χ0n) is 9.34. The summed E-state index contributed by atoms with van der Waals surface area (Å²) in [6, 6.07) is 13.6. The van der Waals surface area contributed by atoms with Gasteiger partial charge in [0.2, 0.25) is 0 Å². The minimum atomic E-state index is 0.280. The molecule has 0 spiro atoms. The lowest BCUT2D eigenvalue weighted by molar-refractivity contribution is 0.175. The molecule has 2 bridgehead atoms. The molecule has 0 unspecified atom stereocenters. The van der Waals surface area contributed by atoms with Crippen LogP contribution in [-0.2, 0) is 6.54 Å². The molecule has 1 aliphatic carbocycles. The summed E-state index contributed by atoms with van der Waals surface area (Å²) in [5.41, 5.74) is 1.37. The lowest BCUT2D eigenvalue weighted by Crippen LogP contribution is -2.36. The van der Waals surface area contributed by atoms with Gasteiger partial charge in [0.1, 0.15) is 0 Å². The number of hydrogen-bond donors (Lipinski definition) is 0. The van der Waals surface area contributed by atoms with Crippen LogP contribution in [0.5, 0.6) is 0 Å². The summed E-state index contributed by atoms with van der Waals surface area (Å²) in [5, 5.41) is 9.10. The van der Waals surface area contributed by atoms with E-state index in [0.29, 0.717) is 6.04 Å². The molecule has 3 rings (SSSR count). The topological polar surface area (TPSA) is 27.0 Å². The van der Waals surface area contributed by atoms with Gasteiger partial charge in [-0.1, -0.05) is 30.3 Å². The predicted molar refractivity (Wildman–Crippen MR) is 62.5 cm³/mol. The second kappa shape index (κ2) is 3.92. The van der Waals surface area contributed by atoms with E-state index in [2.05, 4.69) is 41.3 Å². The fraction of sp³-hybridized carbons (Fsp3) is 0.500. The molecule has 1 aromatic carbocycles. The Bertz CT molecular complexity index is 406. The molecule has 1 aliphatic heterocycles. The normalized spacial score (nSPS) is 32.8. The summed E-state index contributed by atoms with van der Waals surface area (Å²) in [7, 11) is 0. The van der Waals surface area contributed by atoms with Gasteiger partial charge in [-0.25, -0.2) is 0 Å². The van der Waals surface area contributed by atoms with Crippen molar-refractivity contribution in [3.05, 3.63) is 35.9 Å². The molecule has 2 nitrogen and oxygen atoms in total. The quantitative estimate of drug-likeness (QED) is 0.752. The third kappa shape index (κ3) is 1.62. The molecule has 1 saturated heterocycles. The van der Waals surface area contributed by atoms with Gasteiger partial charge in [0.15, 0.2) is 0 Å². The lowest BCUT2D eigenvalue weighted by atomic mass is 9.99. The van der Waals surface area contributed by atoms with Crippen molar-refractivity contribution in [2.45, 2.75) is 25.4 Å². The molecule has 2 heteroatoms. The number of fused-ring (bicyclic) bond motifs is 2. The SMILES string of the molecule is N#C[C@@H]1C[C@@H]2C[C@@H]1N(Cc1ccccc1)C2. The number of piperidine rings is 1. The Morgan fingerprint density at radius 3 is 2.75 bits per heavy atom. The highest BCUT2D eigenvalue weighted by Gasteiger charge is 2.44. The van der Waals surface area contributed by atoms with Crippen LogP contribution in [-0.4, -0.2) is 17.5 Å². The van der Waals surface area contributed by atoms with Gasteiger partial charge in [0.25, 0.3) is 0 Å². The summed E-state index contributed by atoms with van der Waals surface area (Å²) in [5.74, 6) is 1.06. The van der Waals surface area contributed by atoms with Crippen LogP contribution < -0.4 is 0 Å². The minimum Gasteiger partial charge on any atom is -0.295 e. The van der Waals surface area contributed by atoms with Crippen LogP contribution in [0.25, 0.3) is 0 Å². The Morgan fingerprint density at radius 2 is 2.06 bits per heavy atom. The van der Waals surface area contributed by atoms with E-state index in [9.17, 15) is 0 Å². The van der Waals surface area contributed by atoms with Gasteiger partial charge in [0, 0.05) is 19.1 Å². The number of benzene rings is 1. The van der Waals surface area contributed by atoms with Crippen molar-refractivity contribution in [1.29, 1.82) is 5.26 Å². The highest BCUT2D eigenvalue weighted by atomic mass is 15.2. The van der Waals surface area contributed by atoms with Gasteiger partial charge in [-0.2, -0.15) is 5.26 Å². The first-order valence-corrected chi connectivity index (χ1v) is 6.04. The summed E-state index contributed by atoms with van der Waals surface area (Å²) in [4.78, 5) is 2.50. The van der Waals surface area contributed by atoms with E-state index in [1.165, 1.54) is 18.5 Å². The van der Waals surface area contributed by atoms with E-state index < -0.39 is 0 Å². The van der Waals surface area contributed by atoms with Gasteiger partial charge >= 0.3 is 0 Å². The van der Waals surface area contributed by atoms with Gasteiger partial charge in [0.05, 0.1) is 12.0 Å². The van der Waals surface area contributed by atoms with Crippen molar-refractivity contribution in [3.8, 4) is 6.07 Å². The molecule has 1 aromatic rings. The van der Waals surface area contributed by atoms with Crippen LogP contribution in [0.2, 0.25) is 0 Å². The molecule has 1 saturated carbocycles. The molecule has 1 heterocycles. The van der Waals surface area contributed by atoms with E-state index in [1.54, 1.807) is 0 Å². The number of rotatable bonds is 2. The molecule has 82 valence electrons. The first-order valence-electron chi connectivity index (χ1n) is 6.04. The maximum Gasteiger partial charge on any atom is 0.0672 e. The second-order valence-corrected chi connectivity index (χ2v) is 5.06. The Kier molecular flexibility index (Phi) is 2.41. The maximum absolute atomic E-state index is 9.10. The number of nitrogens with zero attached hydrogens (tertiary/aromatic N) is 2. The lowest BCUT2D eigenvalue weighted by Gasteiger charge is -2.29. The van der Waals surface area contributed by atoms with E-state index >= 15 is 0 Å². The number of hydrogen-bond acceptors (Lipinski definition) is 2. The van der Waals surface area contributed by atoms with Gasteiger partial charge < -0.3 is 0 Å². The molecule has 3 atom stereocenters. The zero-order valence-corrected chi connectivity index (χ0v) is 9.34. The fourth-order valence-electron chi connectivity index (χ4n) is 3.28. The predicted octanol–water partition coefficient (Wildman–Crippen LogP) is 2.42. The van der Waals surface area contributed by atoms with Crippen LogP contribution in [0.3, 0.4) is 0 Å². The summed E-state index contributed by atoms with van der Waals surface area (Å²) < 4.78 is 0. The standard InChI is InChI=1S/C14H16N2/c15-8-13-6-12-7-14(13)16(10-12)9-11-4-2-1-3-5-11/h1-5,12-14H,6-7,9-10H2/t12-,13+,14+/m1/s1. The molecule has 0 N–H and O–H groups in total. The largest absolute Gasteiger partial charge is 0.295 e. The maximum atomic E-state index is 9.10. The molecular weight excluding hydrogens is 196 g/mol. The number of likely N-dealkylation sites (tertiary alicyclic amines) is 1. The Balaban J connectivity index is 1.72. The number of nitriles is 1. The van der Waals surface area contributed by atoms with E-state index in [-0.39, 0.29) is 5.92 Å². The highest BCUT2D eigenvalue weighted by Crippen LogP contribution is 2.41. The molecule has 2 aliphatic rings. The van der Waals surface area contributed by atoms with Crippen molar-refractivity contribution >= 4 is 0 Å². The smallest absolute Gasteiger partial charge is 0.0672 e. The summed E-state index contributed by atoms with van der Waals surface area (Å²) in [6.07, 6.45) is 2.37. The average molecular weight is 212 g/mol. The first-order chi connectivity index (χ1) is 7.86. The summed E-state index contributed by atoms with van der Waals surface area (Å²) >= 11 is 0. The molecule has 0 radical (unpaired) electrons. The molecule has 2 fully saturated rings. The Labute approximate surface area is 96.5 Å². The van der Waals surface area contributed by atoms with Crippen molar-refractivity contribution in [1.82, 2.24) is 4.90 Å². The molecule has 0 amide bonds. The van der Waals surface area contributed by atoms with E-state index in [0.717, 1.165) is 18.9 Å². The molecule has 16 heavy (non-hydrogen) atoms. The third-order valence-electron chi connectivity index (χ3n) is 3.98. The monoisotopic (exact) mass is 212 g/mol. The van der Waals surface area contributed by atoms with Crippen LogP contribution in [0, 0.1) is 23.2 Å². The van der Waals surface area contributed by atoms with Crippen LogP contribution in [0.15, 0.2) is 30.3 Å². The van der Waals surface area contributed by atoms with E-state index in [4.69, 9.17) is 5.26 Å². The van der Waals surface area contributed by atoms with Crippen molar-refractivity contribution < 1.29 is 0 Å². The fourth-order valence-corrected chi connectivity index (χ4v) is 3.28. The Hall–Kier alpha value is -1.33. The molecular formula is C14H16N2. The van der Waals surface area contributed by atoms with E-state index in [1.807, 2.05) is 0 Å². The zero-order chi connectivity index (χ0) is 11.0. The Morgan fingerprint density at radius 1 is 1.25 bits per heavy atom. The van der Waals surface area contributed by atoms with Gasteiger partial charge in [-0.05, 0) is 24.3 Å². The van der Waals surface area contributed by atoms with Gasteiger partial charge in [-0.15, -0.1) is 0 Å². The minimum absolute atomic E-state index is 0.280. The van der Waals surface area contributed by atoms with Gasteiger partial charge in [-0.3, -0.25) is 4.90 Å². The molecule has 0 aromatic heterocycles. The third-order valence-corrected chi connectivity index (χ3v) is 3.98. The van der Waals surface area contributed by atoms with Crippen molar-refractivity contribution in [3.63, 3.8) is 0 Å². The average Bonchev–Trinajstić information content (AvgIpc) is 2.89. The highest BCUT2D eigenvalue weighted by molar-refractivity contribution is 5.16. The second-order valence-electron chi connectivity index (χ2n) is 5.06.